The highest BCUT2D eigenvalue weighted by atomic mass is 19.4. The molecular weight excluding hydrogens is 283 g/mol. The number of halogens is 3. The number of aliphatic hydroxyl groups excluding tert-OH is 1. The van der Waals surface area contributed by atoms with Crippen molar-refractivity contribution in [3.63, 3.8) is 0 Å². The van der Waals surface area contributed by atoms with Crippen LogP contribution in [0.4, 0.5) is 18.9 Å². The average Bonchev–Trinajstić information content (AvgIpc) is 2.47. The highest BCUT2D eigenvalue weighted by Crippen LogP contribution is 2.37. The van der Waals surface area contributed by atoms with Gasteiger partial charge in [0.15, 0.2) is 0 Å². The van der Waals surface area contributed by atoms with Crippen molar-refractivity contribution in [3.05, 3.63) is 23.3 Å². The number of ether oxygens (including phenoxy) is 1. The standard InChI is InChI=1S/C15H20F3NO2/c1-10-13(7-11(9-20)8-14(10)21-2)19-5-3-12(4-6-19)15(16,17)18/h7-8,12,20H,3-6,9H2,1-2H3. The molecule has 0 atom stereocenters. The number of nitrogens with zero attached hydrogens (tertiary/aromatic N) is 1. The van der Waals surface area contributed by atoms with E-state index >= 15 is 0 Å². The molecule has 0 saturated carbocycles. The number of hydrogen-bond acceptors (Lipinski definition) is 3. The molecule has 0 amide bonds. The molecule has 1 aromatic rings. The summed E-state index contributed by atoms with van der Waals surface area (Å²) in [6.07, 6.45) is -3.89. The van der Waals surface area contributed by atoms with Crippen LogP contribution in [-0.4, -0.2) is 31.5 Å². The van der Waals surface area contributed by atoms with Gasteiger partial charge in [-0.2, -0.15) is 13.2 Å². The summed E-state index contributed by atoms with van der Waals surface area (Å²) >= 11 is 0. The predicted molar refractivity (Wildman–Crippen MR) is 74.6 cm³/mol. The Balaban J connectivity index is 2.20. The summed E-state index contributed by atoms with van der Waals surface area (Å²) in [5.41, 5.74) is 2.43. The van der Waals surface area contributed by atoms with Crippen LogP contribution in [0.15, 0.2) is 12.1 Å². The Morgan fingerprint density at radius 2 is 1.90 bits per heavy atom. The zero-order chi connectivity index (χ0) is 15.6. The van der Waals surface area contributed by atoms with Gasteiger partial charge in [0, 0.05) is 24.3 Å². The first-order valence-electron chi connectivity index (χ1n) is 6.97. The Kier molecular flexibility index (Phi) is 4.66. The van der Waals surface area contributed by atoms with Crippen molar-refractivity contribution in [2.24, 2.45) is 5.92 Å². The summed E-state index contributed by atoms with van der Waals surface area (Å²) in [5.74, 6) is -0.563. The summed E-state index contributed by atoms with van der Waals surface area (Å²) in [6, 6.07) is 3.58. The molecular formula is C15H20F3NO2. The van der Waals surface area contributed by atoms with E-state index in [-0.39, 0.29) is 19.4 Å². The molecule has 6 heteroatoms. The zero-order valence-corrected chi connectivity index (χ0v) is 12.2. The predicted octanol–water partition coefficient (Wildman–Crippen LogP) is 3.27. The van der Waals surface area contributed by atoms with Crippen molar-refractivity contribution in [1.82, 2.24) is 0 Å². The lowest BCUT2D eigenvalue weighted by Gasteiger charge is -2.35. The molecule has 0 aliphatic carbocycles. The van der Waals surface area contributed by atoms with E-state index in [2.05, 4.69) is 0 Å². The first-order chi connectivity index (χ1) is 9.86. The van der Waals surface area contributed by atoms with Crippen LogP contribution in [0, 0.1) is 12.8 Å². The van der Waals surface area contributed by atoms with Gasteiger partial charge in [0.25, 0.3) is 0 Å². The molecule has 1 N–H and O–H groups in total. The van der Waals surface area contributed by atoms with Crippen molar-refractivity contribution in [3.8, 4) is 5.75 Å². The largest absolute Gasteiger partial charge is 0.496 e. The molecule has 3 nitrogen and oxygen atoms in total. The van der Waals surface area contributed by atoms with Gasteiger partial charge in [-0.3, -0.25) is 0 Å². The van der Waals surface area contributed by atoms with Crippen LogP contribution in [0.25, 0.3) is 0 Å². The Morgan fingerprint density at radius 3 is 2.38 bits per heavy atom. The third kappa shape index (κ3) is 3.43. The van der Waals surface area contributed by atoms with Crippen LogP contribution in [0.5, 0.6) is 5.75 Å². The molecule has 0 bridgehead atoms. The second-order valence-electron chi connectivity index (χ2n) is 5.40. The van der Waals surface area contributed by atoms with Gasteiger partial charge in [0.05, 0.1) is 19.6 Å². The number of benzene rings is 1. The SMILES string of the molecule is COc1cc(CO)cc(N2CCC(C(F)(F)F)CC2)c1C. The molecule has 0 spiro atoms. The van der Waals surface area contributed by atoms with Gasteiger partial charge in [0.2, 0.25) is 0 Å². The normalized spacial score (nSPS) is 17.1. The van der Waals surface area contributed by atoms with Crippen LogP contribution in [0.1, 0.15) is 24.0 Å². The minimum absolute atomic E-state index is 0.106. The first kappa shape index (κ1) is 15.9. The molecule has 0 aromatic heterocycles. The molecule has 0 unspecified atom stereocenters. The van der Waals surface area contributed by atoms with Crippen molar-refractivity contribution in [2.75, 3.05) is 25.1 Å². The van der Waals surface area contributed by atoms with Gasteiger partial charge < -0.3 is 14.7 Å². The number of methoxy groups -OCH3 is 1. The van der Waals surface area contributed by atoms with Crippen molar-refractivity contribution >= 4 is 5.69 Å². The van der Waals surface area contributed by atoms with E-state index < -0.39 is 12.1 Å². The zero-order valence-electron chi connectivity index (χ0n) is 12.2. The van der Waals surface area contributed by atoms with Gasteiger partial charge in [-0.05, 0) is 37.5 Å². The van der Waals surface area contributed by atoms with Gasteiger partial charge in [-0.15, -0.1) is 0 Å². The third-order valence-electron chi connectivity index (χ3n) is 4.09. The maximum atomic E-state index is 12.7. The number of piperidine rings is 1. The summed E-state index contributed by atoms with van der Waals surface area (Å²) in [7, 11) is 1.54. The molecule has 1 aliphatic heterocycles. The molecule has 1 fully saturated rings. The number of alkyl halides is 3. The fraction of sp³-hybridized carbons (Fsp3) is 0.600. The van der Waals surface area contributed by atoms with E-state index in [0.717, 1.165) is 11.3 Å². The van der Waals surface area contributed by atoms with Crippen LogP contribution < -0.4 is 9.64 Å². The maximum absolute atomic E-state index is 12.7. The summed E-state index contributed by atoms with van der Waals surface area (Å²) in [5, 5.41) is 9.30. The van der Waals surface area contributed by atoms with E-state index in [9.17, 15) is 18.3 Å². The fourth-order valence-electron chi connectivity index (χ4n) is 2.81. The minimum Gasteiger partial charge on any atom is -0.496 e. The lowest BCUT2D eigenvalue weighted by Crippen LogP contribution is -2.39. The van der Waals surface area contributed by atoms with Crippen LogP contribution in [0.2, 0.25) is 0 Å². The Morgan fingerprint density at radius 1 is 1.29 bits per heavy atom. The van der Waals surface area contributed by atoms with Gasteiger partial charge in [-0.25, -0.2) is 0 Å². The van der Waals surface area contributed by atoms with Gasteiger partial charge in [-0.1, -0.05) is 0 Å². The number of anilines is 1. The van der Waals surface area contributed by atoms with E-state index in [1.165, 1.54) is 0 Å². The molecule has 1 saturated heterocycles. The molecule has 2 rings (SSSR count). The van der Waals surface area contributed by atoms with Crippen LogP contribution in [-0.2, 0) is 6.61 Å². The van der Waals surface area contributed by atoms with Gasteiger partial charge >= 0.3 is 6.18 Å². The second-order valence-corrected chi connectivity index (χ2v) is 5.40. The van der Waals surface area contributed by atoms with Crippen LogP contribution in [0.3, 0.4) is 0 Å². The summed E-state index contributed by atoms with van der Waals surface area (Å²) in [4.78, 5) is 1.94. The van der Waals surface area contributed by atoms with E-state index in [1.807, 2.05) is 17.9 Å². The number of hydrogen-bond donors (Lipinski definition) is 1. The van der Waals surface area contributed by atoms with E-state index in [1.54, 1.807) is 13.2 Å². The number of rotatable bonds is 3. The van der Waals surface area contributed by atoms with E-state index in [0.29, 0.717) is 24.4 Å². The van der Waals surface area contributed by atoms with Crippen molar-refractivity contribution in [1.29, 1.82) is 0 Å². The maximum Gasteiger partial charge on any atom is 0.391 e. The summed E-state index contributed by atoms with van der Waals surface area (Å²) < 4.78 is 43.4. The molecule has 1 aliphatic rings. The quantitative estimate of drug-likeness (QED) is 0.930. The lowest BCUT2D eigenvalue weighted by molar-refractivity contribution is -0.179. The van der Waals surface area contributed by atoms with E-state index in [4.69, 9.17) is 4.74 Å². The third-order valence-corrected chi connectivity index (χ3v) is 4.09. The van der Waals surface area contributed by atoms with Crippen molar-refractivity contribution in [2.45, 2.75) is 32.5 Å². The summed E-state index contributed by atoms with van der Waals surface area (Å²) in [6.45, 7) is 2.49. The highest BCUT2D eigenvalue weighted by molar-refractivity contribution is 5.61. The Labute approximate surface area is 122 Å². The highest BCUT2D eigenvalue weighted by Gasteiger charge is 2.41. The topological polar surface area (TPSA) is 32.7 Å². The molecule has 1 heterocycles. The minimum atomic E-state index is -4.11. The average molecular weight is 303 g/mol. The first-order valence-corrected chi connectivity index (χ1v) is 6.97. The molecule has 21 heavy (non-hydrogen) atoms. The van der Waals surface area contributed by atoms with Crippen molar-refractivity contribution < 1.29 is 23.0 Å². The second kappa shape index (κ2) is 6.13. The van der Waals surface area contributed by atoms with Gasteiger partial charge in [0.1, 0.15) is 5.75 Å². The fourth-order valence-corrected chi connectivity index (χ4v) is 2.81. The monoisotopic (exact) mass is 303 g/mol. The lowest BCUT2D eigenvalue weighted by atomic mass is 9.95. The Bertz CT molecular complexity index is 494. The van der Waals surface area contributed by atoms with Crippen LogP contribution >= 0.6 is 0 Å². The molecule has 0 radical (unpaired) electrons. The number of aliphatic hydroxyl groups is 1. The molecule has 118 valence electrons. The Hall–Kier alpha value is -1.43. The smallest absolute Gasteiger partial charge is 0.391 e. The molecule has 1 aromatic carbocycles.